The number of aromatic amines is 1. The second-order valence-electron chi connectivity index (χ2n) is 12.2. The van der Waals surface area contributed by atoms with E-state index in [2.05, 4.69) is 24.6 Å². The predicted molar refractivity (Wildman–Crippen MR) is 149 cm³/mol. The zero-order valence-electron chi connectivity index (χ0n) is 23.9. The van der Waals surface area contributed by atoms with Gasteiger partial charge in [-0.25, -0.2) is 4.79 Å². The molecule has 1 fully saturated rings. The molecule has 3 amide bonds. The van der Waals surface area contributed by atoms with Gasteiger partial charge in [-0.1, -0.05) is 19.6 Å². The van der Waals surface area contributed by atoms with Crippen LogP contribution in [0.4, 0.5) is 4.79 Å². The Balaban J connectivity index is 2.21. The van der Waals surface area contributed by atoms with Gasteiger partial charge in [-0.05, 0) is 44.9 Å². The minimum atomic E-state index is -1.94. The third-order valence-electron chi connectivity index (χ3n) is 6.35. The van der Waals surface area contributed by atoms with Gasteiger partial charge in [0.2, 0.25) is 0 Å². The number of H-pyrrole nitrogens is 1. The van der Waals surface area contributed by atoms with E-state index >= 15 is 0 Å². The first-order chi connectivity index (χ1) is 17.0. The molecule has 1 atom stereocenters. The normalized spacial score (nSPS) is 16.6. The van der Waals surface area contributed by atoms with Crippen LogP contribution in [0.1, 0.15) is 47.1 Å². The third-order valence-corrected chi connectivity index (χ3v) is 8.28. The van der Waals surface area contributed by atoms with Crippen LogP contribution in [0.2, 0.25) is 19.6 Å². The van der Waals surface area contributed by atoms with Gasteiger partial charge in [-0.2, -0.15) is 0 Å². The van der Waals surface area contributed by atoms with Gasteiger partial charge in [0.15, 0.2) is 0 Å². The maximum absolute atomic E-state index is 13.2. The van der Waals surface area contributed by atoms with Crippen molar-refractivity contribution in [3.8, 4) is 0 Å². The summed E-state index contributed by atoms with van der Waals surface area (Å²) in [6, 6.07) is 3.32. The smallest absolute Gasteiger partial charge is 0.410 e. The van der Waals surface area contributed by atoms with Crippen LogP contribution >= 0.6 is 0 Å². The molecule has 1 aliphatic rings. The SMILES string of the molecule is CN(C)C(=O)c1cc(C(=O)N(C)C)c2[nH]c([Si](C)(C)C)c(C[C@H]3COCCN3C(=O)OC(C)(C)C)c2c1. The number of morpholine rings is 1. The summed E-state index contributed by atoms with van der Waals surface area (Å²) in [5, 5.41) is 1.93. The Morgan fingerprint density at radius 2 is 1.70 bits per heavy atom. The molecule has 204 valence electrons. The highest BCUT2D eigenvalue weighted by Gasteiger charge is 2.35. The predicted octanol–water partition coefficient (Wildman–Crippen LogP) is 3.30. The van der Waals surface area contributed by atoms with Gasteiger partial charge in [-0.15, -0.1) is 0 Å². The van der Waals surface area contributed by atoms with Gasteiger partial charge in [0.25, 0.3) is 11.8 Å². The summed E-state index contributed by atoms with van der Waals surface area (Å²) in [5.74, 6) is -0.350. The summed E-state index contributed by atoms with van der Waals surface area (Å²) in [6.45, 7) is 13.6. The molecule has 0 bridgehead atoms. The molecule has 0 unspecified atom stereocenters. The van der Waals surface area contributed by atoms with Gasteiger partial charge in [-0.3, -0.25) is 9.59 Å². The molecule has 1 aromatic carbocycles. The number of carbonyl (C=O) groups is 3. The van der Waals surface area contributed by atoms with Crippen LogP contribution in [0, 0.1) is 0 Å². The first-order valence-corrected chi connectivity index (χ1v) is 16.2. The Hall–Kier alpha value is -2.85. The lowest BCUT2D eigenvalue weighted by molar-refractivity contribution is -0.0318. The van der Waals surface area contributed by atoms with Crippen LogP contribution in [-0.2, 0) is 15.9 Å². The van der Waals surface area contributed by atoms with Crippen LogP contribution in [0.3, 0.4) is 0 Å². The monoisotopic (exact) mass is 530 g/mol. The highest BCUT2D eigenvalue weighted by molar-refractivity contribution is 6.88. The molecule has 1 saturated heterocycles. The Bertz CT molecular complexity index is 1190. The average Bonchev–Trinajstić information content (AvgIpc) is 3.15. The van der Waals surface area contributed by atoms with E-state index in [0.29, 0.717) is 37.3 Å². The maximum Gasteiger partial charge on any atom is 0.410 e. The molecule has 3 rings (SSSR count). The lowest BCUT2D eigenvalue weighted by Gasteiger charge is -2.37. The lowest BCUT2D eigenvalue weighted by atomic mass is 9.98. The van der Waals surface area contributed by atoms with Gasteiger partial charge < -0.3 is 29.2 Å². The number of nitrogens with one attached hydrogen (secondary N) is 1. The van der Waals surface area contributed by atoms with Gasteiger partial charge in [0.1, 0.15) is 5.60 Å². The molecule has 0 saturated carbocycles. The van der Waals surface area contributed by atoms with Gasteiger partial charge in [0.05, 0.1) is 38.4 Å². The fraction of sp³-hybridized carbons (Fsp3) is 0.593. The second kappa shape index (κ2) is 10.5. The fourth-order valence-corrected chi connectivity index (χ4v) is 6.26. The zero-order chi connectivity index (χ0) is 27.9. The van der Waals surface area contributed by atoms with Crippen molar-refractivity contribution in [1.29, 1.82) is 0 Å². The quantitative estimate of drug-likeness (QED) is 0.599. The van der Waals surface area contributed by atoms with E-state index in [0.717, 1.165) is 21.8 Å². The Morgan fingerprint density at radius 3 is 2.24 bits per heavy atom. The van der Waals surface area contributed by atoms with Gasteiger partial charge in [0, 0.05) is 51.0 Å². The van der Waals surface area contributed by atoms with Crippen molar-refractivity contribution in [3.05, 3.63) is 28.8 Å². The highest BCUT2D eigenvalue weighted by Crippen LogP contribution is 2.29. The summed E-state index contributed by atoms with van der Waals surface area (Å²) >= 11 is 0. The molecule has 0 spiro atoms. The van der Waals surface area contributed by atoms with Crippen LogP contribution < -0.4 is 5.32 Å². The maximum atomic E-state index is 13.2. The summed E-state index contributed by atoms with van der Waals surface area (Å²) in [4.78, 5) is 47.7. The number of ether oxygens (including phenoxy) is 2. The number of rotatable bonds is 5. The molecule has 1 N–H and O–H groups in total. The van der Waals surface area contributed by atoms with E-state index in [1.807, 2.05) is 26.8 Å². The molecular weight excluding hydrogens is 488 g/mol. The van der Waals surface area contributed by atoms with E-state index in [9.17, 15) is 14.4 Å². The molecule has 10 heteroatoms. The number of benzene rings is 1. The van der Waals surface area contributed by atoms with Crippen molar-refractivity contribution in [3.63, 3.8) is 0 Å². The molecule has 9 nitrogen and oxygen atoms in total. The van der Waals surface area contributed by atoms with E-state index in [1.54, 1.807) is 39.2 Å². The standard InChI is InChI=1S/C27H42N4O5Si/c1-27(2,3)36-26(34)31-11-12-35-16-18(31)15-20-19-13-17(24(32)29(4)5)14-21(25(33)30(6)7)22(19)28-23(20)37(8,9)10/h13-14,18,28H,11-12,15-16H2,1-10H3/t18-/m0/s1. The minimum absolute atomic E-state index is 0.173. The molecule has 0 radical (unpaired) electrons. The van der Waals surface area contributed by atoms with E-state index in [4.69, 9.17) is 9.47 Å². The second-order valence-corrected chi connectivity index (χ2v) is 17.2. The van der Waals surface area contributed by atoms with Crippen molar-refractivity contribution >= 4 is 42.2 Å². The summed E-state index contributed by atoms with van der Waals surface area (Å²) in [7, 11) is 4.87. The largest absolute Gasteiger partial charge is 0.444 e. The number of aromatic nitrogens is 1. The number of hydrogen-bond donors (Lipinski definition) is 1. The van der Waals surface area contributed by atoms with Crippen LogP contribution in [0.15, 0.2) is 12.1 Å². The number of amides is 3. The van der Waals surface area contributed by atoms with Crippen molar-refractivity contribution in [2.45, 2.75) is 58.5 Å². The molecule has 0 aliphatic carbocycles. The van der Waals surface area contributed by atoms with Crippen molar-refractivity contribution in [1.82, 2.24) is 19.7 Å². The summed E-state index contributed by atoms with van der Waals surface area (Å²) in [5.41, 5.74) is 2.06. The molecule has 37 heavy (non-hydrogen) atoms. The van der Waals surface area contributed by atoms with E-state index in [-0.39, 0.29) is 23.9 Å². The molecular formula is C27H42N4O5Si. The Labute approximate surface area is 221 Å². The Kier molecular flexibility index (Phi) is 8.14. The molecule has 1 aromatic heterocycles. The van der Waals surface area contributed by atoms with Crippen molar-refractivity contribution < 1.29 is 23.9 Å². The summed E-state index contributed by atoms with van der Waals surface area (Å²) in [6.07, 6.45) is 0.163. The molecule has 1 aliphatic heterocycles. The van der Waals surface area contributed by atoms with Gasteiger partial charge >= 0.3 is 6.09 Å². The Morgan fingerprint density at radius 1 is 1.08 bits per heavy atom. The molecule has 2 aromatic rings. The summed E-state index contributed by atoms with van der Waals surface area (Å²) < 4.78 is 11.5. The van der Waals surface area contributed by atoms with Crippen LogP contribution in [0.5, 0.6) is 0 Å². The minimum Gasteiger partial charge on any atom is -0.444 e. The average molecular weight is 531 g/mol. The lowest BCUT2D eigenvalue weighted by Crippen LogP contribution is -2.52. The topological polar surface area (TPSA) is 95.2 Å². The molecule has 2 heterocycles. The van der Waals surface area contributed by atoms with Crippen LogP contribution in [0.25, 0.3) is 10.9 Å². The highest BCUT2D eigenvalue weighted by atomic mass is 28.3. The number of hydrogen-bond acceptors (Lipinski definition) is 5. The third kappa shape index (κ3) is 6.35. The first-order valence-electron chi connectivity index (χ1n) is 12.7. The first kappa shape index (κ1) is 28.7. The fourth-order valence-electron chi connectivity index (χ4n) is 4.61. The van der Waals surface area contributed by atoms with Crippen LogP contribution in [-0.4, -0.2) is 105 Å². The zero-order valence-corrected chi connectivity index (χ0v) is 24.9. The number of fused-ring (bicyclic) bond motifs is 1. The number of carbonyl (C=O) groups excluding carboxylic acids is 3. The van der Waals surface area contributed by atoms with Crippen molar-refractivity contribution in [2.75, 3.05) is 47.9 Å². The van der Waals surface area contributed by atoms with E-state index in [1.165, 1.54) is 9.80 Å². The van der Waals surface area contributed by atoms with E-state index < -0.39 is 13.7 Å². The number of nitrogens with zero attached hydrogens (tertiary/aromatic N) is 3. The van der Waals surface area contributed by atoms with Crippen molar-refractivity contribution in [2.24, 2.45) is 0 Å².